The number of benzene rings is 1. The molecule has 0 aliphatic rings. The van der Waals surface area contributed by atoms with E-state index in [0.29, 0.717) is 6.42 Å². The quantitative estimate of drug-likeness (QED) is 0.746. The Morgan fingerprint density at radius 1 is 1.40 bits per heavy atom. The van der Waals surface area contributed by atoms with E-state index < -0.39 is 6.04 Å². The molecule has 2 aromatic rings. The molecule has 5 nitrogen and oxygen atoms in total. The molecule has 106 valence electrons. The molecular weight excluding hydrogens is 252 g/mol. The number of nitrogens with two attached hydrogens (primary N) is 1. The second kappa shape index (κ2) is 6.86. The molecule has 1 amide bonds. The third-order valence-electron chi connectivity index (χ3n) is 3.21. The van der Waals surface area contributed by atoms with Crippen LogP contribution in [-0.4, -0.2) is 21.9 Å². The predicted octanol–water partition coefficient (Wildman–Crippen LogP) is 1.55. The van der Waals surface area contributed by atoms with E-state index in [1.165, 1.54) is 5.56 Å². The van der Waals surface area contributed by atoms with E-state index in [4.69, 9.17) is 5.73 Å². The molecule has 4 N–H and O–H groups in total. The van der Waals surface area contributed by atoms with Gasteiger partial charge < -0.3 is 16.0 Å². The van der Waals surface area contributed by atoms with Crippen molar-refractivity contribution in [3.63, 3.8) is 0 Å². The number of hydrogen-bond donors (Lipinski definition) is 3. The number of amides is 1. The van der Waals surface area contributed by atoms with E-state index >= 15 is 0 Å². The van der Waals surface area contributed by atoms with Crippen LogP contribution in [0.15, 0.2) is 42.7 Å². The van der Waals surface area contributed by atoms with Crippen molar-refractivity contribution in [2.75, 3.05) is 0 Å². The molecule has 2 unspecified atom stereocenters. The first-order valence-electron chi connectivity index (χ1n) is 6.76. The minimum atomic E-state index is -0.507. The maximum atomic E-state index is 12.0. The maximum Gasteiger partial charge on any atom is 0.237 e. The highest BCUT2D eigenvalue weighted by atomic mass is 16.2. The molecule has 20 heavy (non-hydrogen) atoms. The topological polar surface area (TPSA) is 83.8 Å². The number of hydrogen-bond acceptors (Lipinski definition) is 3. The van der Waals surface area contributed by atoms with Crippen LogP contribution < -0.4 is 11.1 Å². The van der Waals surface area contributed by atoms with Gasteiger partial charge in [-0.25, -0.2) is 4.98 Å². The van der Waals surface area contributed by atoms with Gasteiger partial charge in [0.1, 0.15) is 5.82 Å². The van der Waals surface area contributed by atoms with Gasteiger partial charge in [0.05, 0.1) is 12.1 Å². The summed E-state index contributed by atoms with van der Waals surface area (Å²) >= 11 is 0. The fourth-order valence-electron chi connectivity index (χ4n) is 2.00. The number of imidazole rings is 1. The van der Waals surface area contributed by atoms with Crippen molar-refractivity contribution < 1.29 is 4.79 Å². The molecule has 1 heterocycles. The van der Waals surface area contributed by atoms with Crippen molar-refractivity contribution >= 4 is 5.91 Å². The number of carbonyl (C=O) groups excluding carboxylic acids is 1. The summed E-state index contributed by atoms with van der Waals surface area (Å²) in [5.74, 6) is 0.582. The standard InChI is InChI=1S/C15H20N4O/c1-11(14-17-9-10-18-14)19-15(20)13(16)8-7-12-5-3-2-4-6-12/h2-6,9-11,13H,7-8,16H2,1H3,(H,17,18)(H,19,20). The van der Waals surface area contributed by atoms with Gasteiger partial charge in [-0.1, -0.05) is 30.3 Å². The highest BCUT2D eigenvalue weighted by molar-refractivity contribution is 5.81. The van der Waals surface area contributed by atoms with E-state index in [-0.39, 0.29) is 11.9 Å². The normalized spacial score (nSPS) is 13.7. The molecule has 0 spiro atoms. The number of nitrogens with zero attached hydrogens (tertiary/aromatic N) is 1. The largest absolute Gasteiger partial charge is 0.347 e. The fourth-order valence-corrected chi connectivity index (χ4v) is 2.00. The summed E-state index contributed by atoms with van der Waals surface area (Å²) in [5, 5.41) is 2.86. The summed E-state index contributed by atoms with van der Waals surface area (Å²) in [7, 11) is 0. The Morgan fingerprint density at radius 2 is 2.15 bits per heavy atom. The second-order valence-corrected chi connectivity index (χ2v) is 4.84. The zero-order valence-corrected chi connectivity index (χ0v) is 11.5. The number of H-pyrrole nitrogens is 1. The maximum absolute atomic E-state index is 12.0. The molecule has 1 aromatic heterocycles. The van der Waals surface area contributed by atoms with E-state index in [9.17, 15) is 4.79 Å². The van der Waals surface area contributed by atoms with Gasteiger partial charge in [-0.2, -0.15) is 0 Å². The molecule has 0 bridgehead atoms. The Kier molecular flexibility index (Phi) is 4.90. The van der Waals surface area contributed by atoms with Crippen LogP contribution in [0.3, 0.4) is 0 Å². The van der Waals surface area contributed by atoms with Crippen molar-refractivity contribution in [2.45, 2.75) is 31.8 Å². The smallest absolute Gasteiger partial charge is 0.237 e. The third kappa shape index (κ3) is 3.93. The summed E-state index contributed by atoms with van der Waals surface area (Å²) in [4.78, 5) is 19.1. The summed E-state index contributed by atoms with van der Waals surface area (Å²) in [6, 6.07) is 9.35. The molecule has 0 aliphatic carbocycles. The van der Waals surface area contributed by atoms with E-state index in [0.717, 1.165) is 12.2 Å². The van der Waals surface area contributed by atoms with Crippen LogP contribution in [0.5, 0.6) is 0 Å². The van der Waals surface area contributed by atoms with Gasteiger partial charge in [0.2, 0.25) is 5.91 Å². The Hall–Kier alpha value is -2.14. The Labute approximate surface area is 118 Å². The summed E-state index contributed by atoms with van der Waals surface area (Å²) in [5.41, 5.74) is 7.11. The molecule has 5 heteroatoms. The Morgan fingerprint density at radius 3 is 2.80 bits per heavy atom. The van der Waals surface area contributed by atoms with Gasteiger partial charge in [0, 0.05) is 12.4 Å². The number of aromatic amines is 1. The SMILES string of the molecule is CC(NC(=O)C(N)CCc1ccccc1)c1ncc[nH]1. The van der Waals surface area contributed by atoms with Gasteiger partial charge in [0.15, 0.2) is 0 Å². The van der Waals surface area contributed by atoms with Crippen LogP contribution in [0.4, 0.5) is 0 Å². The summed E-state index contributed by atoms with van der Waals surface area (Å²) < 4.78 is 0. The van der Waals surface area contributed by atoms with Crippen LogP contribution in [-0.2, 0) is 11.2 Å². The first kappa shape index (κ1) is 14.3. The molecular formula is C15H20N4O. The van der Waals surface area contributed by atoms with Gasteiger partial charge in [-0.15, -0.1) is 0 Å². The summed E-state index contributed by atoms with van der Waals surface area (Å²) in [6.07, 6.45) is 4.81. The van der Waals surface area contributed by atoms with Crippen molar-refractivity contribution in [1.29, 1.82) is 0 Å². The minimum absolute atomic E-state index is 0.148. The van der Waals surface area contributed by atoms with Crippen LogP contribution in [0.2, 0.25) is 0 Å². The fraction of sp³-hybridized carbons (Fsp3) is 0.333. The molecule has 0 radical (unpaired) electrons. The van der Waals surface area contributed by atoms with E-state index in [2.05, 4.69) is 15.3 Å². The van der Waals surface area contributed by atoms with Gasteiger partial charge in [-0.05, 0) is 25.3 Å². The van der Waals surface area contributed by atoms with Gasteiger partial charge >= 0.3 is 0 Å². The highest BCUT2D eigenvalue weighted by Crippen LogP contribution is 2.07. The lowest BCUT2D eigenvalue weighted by atomic mass is 10.1. The van der Waals surface area contributed by atoms with Crippen LogP contribution in [0, 0.1) is 0 Å². The number of nitrogens with one attached hydrogen (secondary N) is 2. The first-order chi connectivity index (χ1) is 9.66. The van der Waals surface area contributed by atoms with E-state index in [1.807, 2.05) is 37.3 Å². The Balaban J connectivity index is 1.80. The van der Waals surface area contributed by atoms with Crippen molar-refractivity contribution in [2.24, 2.45) is 5.73 Å². The molecule has 2 rings (SSSR count). The lowest BCUT2D eigenvalue weighted by Gasteiger charge is -2.16. The monoisotopic (exact) mass is 272 g/mol. The van der Waals surface area contributed by atoms with Crippen molar-refractivity contribution in [1.82, 2.24) is 15.3 Å². The molecule has 0 saturated carbocycles. The number of aryl methyl sites for hydroxylation is 1. The van der Waals surface area contributed by atoms with Gasteiger partial charge in [0.25, 0.3) is 0 Å². The van der Waals surface area contributed by atoms with Crippen LogP contribution >= 0.6 is 0 Å². The predicted molar refractivity (Wildman–Crippen MR) is 77.9 cm³/mol. The molecule has 2 atom stereocenters. The molecule has 1 aromatic carbocycles. The van der Waals surface area contributed by atoms with Crippen LogP contribution in [0.1, 0.15) is 30.8 Å². The number of aromatic nitrogens is 2. The average molecular weight is 272 g/mol. The Bertz CT molecular complexity index is 524. The molecule has 0 fully saturated rings. The summed E-state index contributed by atoms with van der Waals surface area (Å²) in [6.45, 7) is 1.88. The highest BCUT2D eigenvalue weighted by Gasteiger charge is 2.17. The zero-order valence-electron chi connectivity index (χ0n) is 11.5. The minimum Gasteiger partial charge on any atom is -0.347 e. The lowest BCUT2D eigenvalue weighted by Crippen LogP contribution is -2.42. The average Bonchev–Trinajstić information content (AvgIpc) is 3.00. The van der Waals surface area contributed by atoms with Crippen molar-refractivity contribution in [3.05, 3.63) is 54.1 Å². The lowest BCUT2D eigenvalue weighted by molar-refractivity contribution is -0.123. The molecule has 0 aliphatic heterocycles. The third-order valence-corrected chi connectivity index (χ3v) is 3.21. The van der Waals surface area contributed by atoms with Gasteiger partial charge in [-0.3, -0.25) is 4.79 Å². The van der Waals surface area contributed by atoms with E-state index in [1.54, 1.807) is 12.4 Å². The first-order valence-corrected chi connectivity index (χ1v) is 6.76. The van der Waals surface area contributed by atoms with Crippen molar-refractivity contribution in [3.8, 4) is 0 Å². The zero-order chi connectivity index (χ0) is 14.4. The number of rotatable bonds is 6. The van der Waals surface area contributed by atoms with Crippen LogP contribution in [0.25, 0.3) is 0 Å². The number of carbonyl (C=O) groups is 1. The molecule has 0 saturated heterocycles. The second-order valence-electron chi connectivity index (χ2n) is 4.84.